The Morgan fingerprint density at radius 2 is 2.25 bits per heavy atom. The number of hydrogen-bond donors (Lipinski definition) is 1. The van der Waals surface area contributed by atoms with E-state index < -0.39 is 11.9 Å². The average Bonchev–Trinajstić information content (AvgIpc) is 2.24. The molecule has 0 spiro atoms. The van der Waals surface area contributed by atoms with E-state index in [0.29, 0.717) is 18.8 Å². The van der Waals surface area contributed by atoms with E-state index in [-0.39, 0.29) is 11.5 Å². The van der Waals surface area contributed by atoms with Gasteiger partial charge in [-0.15, -0.1) is 0 Å². The lowest BCUT2D eigenvalue weighted by Crippen LogP contribution is -2.53. The molecule has 1 heterocycles. The van der Waals surface area contributed by atoms with E-state index in [1.165, 1.54) is 24.1 Å². The van der Waals surface area contributed by atoms with Crippen molar-refractivity contribution in [3.63, 3.8) is 0 Å². The Morgan fingerprint density at radius 1 is 1.56 bits per heavy atom. The van der Waals surface area contributed by atoms with Crippen molar-refractivity contribution in [2.75, 3.05) is 20.2 Å². The van der Waals surface area contributed by atoms with Crippen molar-refractivity contribution in [3.8, 4) is 5.75 Å². The number of carbonyl (C=O) groups is 1. The Morgan fingerprint density at radius 3 is 2.81 bits per heavy atom. The number of hydrogen-bond acceptors (Lipinski definition) is 3. The first kappa shape index (κ1) is 10.9. The summed E-state index contributed by atoms with van der Waals surface area (Å²) in [5.41, 5.74) is 0.189. The minimum atomic E-state index is -0.481. The summed E-state index contributed by atoms with van der Waals surface area (Å²) in [4.78, 5) is 13.3. The monoisotopic (exact) mass is 225 g/mol. The highest BCUT2D eigenvalue weighted by atomic mass is 19.1. The molecule has 86 valence electrons. The van der Waals surface area contributed by atoms with E-state index in [1.807, 2.05) is 0 Å². The van der Waals surface area contributed by atoms with Gasteiger partial charge in [-0.2, -0.15) is 0 Å². The van der Waals surface area contributed by atoms with Crippen LogP contribution < -0.4 is 4.74 Å². The quantitative estimate of drug-likeness (QED) is 0.804. The van der Waals surface area contributed by atoms with E-state index in [4.69, 9.17) is 9.84 Å². The standard InChI is InChI=1S/C11H12FNO3/c1-16-10-3-2-7(12)4-9(10)11(15)13-5-8(14)6-13/h2-4,8,14H,5-6H2,1H3. The summed E-state index contributed by atoms with van der Waals surface area (Å²) in [5.74, 6) is -0.459. The highest BCUT2D eigenvalue weighted by Gasteiger charge is 2.31. The summed E-state index contributed by atoms with van der Waals surface area (Å²) in [6, 6.07) is 3.80. The molecule has 4 nitrogen and oxygen atoms in total. The molecule has 0 atom stereocenters. The Kier molecular flexibility index (Phi) is 2.78. The number of nitrogens with zero attached hydrogens (tertiary/aromatic N) is 1. The van der Waals surface area contributed by atoms with Gasteiger partial charge in [0.25, 0.3) is 5.91 Å². The number of β-amino-alcohol motifs (C(OH)–C–C–N with tert-alkyl or cyclic N) is 1. The van der Waals surface area contributed by atoms with Crippen molar-refractivity contribution >= 4 is 5.91 Å². The minimum Gasteiger partial charge on any atom is -0.496 e. The van der Waals surface area contributed by atoms with E-state index in [2.05, 4.69) is 0 Å². The molecule has 1 N–H and O–H groups in total. The zero-order valence-corrected chi connectivity index (χ0v) is 8.81. The fraction of sp³-hybridized carbons (Fsp3) is 0.364. The molecule has 0 saturated carbocycles. The SMILES string of the molecule is COc1ccc(F)cc1C(=O)N1CC(O)C1. The average molecular weight is 225 g/mol. The second-order valence-electron chi connectivity index (χ2n) is 3.71. The van der Waals surface area contributed by atoms with Crippen LogP contribution in [-0.4, -0.2) is 42.2 Å². The summed E-state index contributed by atoms with van der Waals surface area (Å²) in [6.45, 7) is 0.580. The van der Waals surface area contributed by atoms with Crippen molar-refractivity contribution in [3.05, 3.63) is 29.6 Å². The van der Waals surface area contributed by atoms with Crippen molar-refractivity contribution < 1.29 is 19.0 Å². The topological polar surface area (TPSA) is 49.8 Å². The molecule has 0 bridgehead atoms. The molecule has 1 aliphatic heterocycles. The number of benzene rings is 1. The predicted octanol–water partition coefficient (Wildman–Crippen LogP) is 0.651. The van der Waals surface area contributed by atoms with Gasteiger partial charge in [-0.3, -0.25) is 4.79 Å². The number of rotatable bonds is 2. The number of ether oxygens (including phenoxy) is 1. The maximum atomic E-state index is 13.0. The van der Waals surface area contributed by atoms with Gasteiger partial charge in [0.1, 0.15) is 11.6 Å². The fourth-order valence-corrected chi connectivity index (χ4v) is 1.64. The molecule has 1 saturated heterocycles. The number of aliphatic hydroxyl groups is 1. The fourth-order valence-electron chi connectivity index (χ4n) is 1.64. The Balaban J connectivity index is 2.24. The highest BCUT2D eigenvalue weighted by Crippen LogP contribution is 2.23. The van der Waals surface area contributed by atoms with Crippen LogP contribution in [-0.2, 0) is 0 Å². The molecule has 0 aromatic heterocycles. The van der Waals surface area contributed by atoms with Gasteiger partial charge in [-0.05, 0) is 18.2 Å². The van der Waals surface area contributed by atoms with Crippen LogP contribution in [0.25, 0.3) is 0 Å². The number of methoxy groups -OCH3 is 1. The van der Waals surface area contributed by atoms with Crippen molar-refractivity contribution in [2.45, 2.75) is 6.10 Å². The Labute approximate surface area is 92.2 Å². The molecule has 0 aliphatic carbocycles. The zero-order chi connectivity index (χ0) is 11.7. The largest absolute Gasteiger partial charge is 0.496 e. The molecular weight excluding hydrogens is 213 g/mol. The van der Waals surface area contributed by atoms with Gasteiger partial charge >= 0.3 is 0 Å². The lowest BCUT2D eigenvalue weighted by atomic mass is 10.1. The van der Waals surface area contributed by atoms with Gasteiger partial charge in [-0.25, -0.2) is 4.39 Å². The highest BCUT2D eigenvalue weighted by molar-refractivity contribution is 5.97. The molecule has 2 rings (SSSR count). The lowest BCUT2D eigenvalue weighted by Gasteiger charge is -2.36. The van der Waals surface area contributed by atoms with Crippen molar-refractivity contribution in [1.29, 1.82) is 0 Å². The van der Waals surface area contributed by atoms with Crippen LogP contribution in [0.5, 0.6) is 5.75 Å². The third kappa shape index (κ3) is 1.86. The number of carbonyl (C=O) groups excluding carboxylic acids is 1. The molecule has 1 aliphatic rings. The molecule has 1 fully saturated rings. The normalized spacial score (nSPS) is 15.8. The molecule has 0 radical (unpaired) electrons. The van der Waals surface area contributed by atoms with Crippen LogP contribution in [0.3, 0.4) is 0 Å². The van der Waals surface area contributed by atoms with E-state index >= 15 is 0 Å². The second kappa shape index (κ2) is 4.09. The van der Waals surface area contributed by atoms with Gasteiger partial charge < -0.3 is 14.7 Å². The van der Waals surface area contributed by atoms with Crippen LogP contribution in [0.4, 0.5) is 4.39 Å². The first-order chi connectivity index (χ1) is 7.61. The Bertz CT molecular complexity index is 416. The summed E-state index contributed by atoms with van der Waals surface area (Å²) in [5, 5.41) is 9.10. The summed E-state index contributed by atoms with van der Waals surface area (Å²) in [6.07, 6.45) is -0.469. The van der Waals surface area contributed by atoms with E-state index in [9.17, 15) is 9.18 Å². The summed E-state index contributed by atoms with van der Waals surface area (Å²) in [7, 11) is 1.43. The first-order valence-corrected chi connectivity index (χ1v) is 4.92. The van der Waals surface area contributed by atoms with E-state index in [1.54, 1.807) is 0 Å². The first-order valence-electron chi connectivity index (χ1n) is 4.92. The van der Waals surface area contributed by atoms with Crippen LogP contribution in [0, 0.1) is 5.82 Å². The van der Waals surface area contributed by atoms with Gasteiger partial charge in [0, 0.05) is 13.1 Å². The smallest absolute Gasteiger partial charge is 0.257 e. The molecule has 5 heteroatoms. The third-order valence-corrected chi connectivity index (χ3v) is 2.54. The van der Waals surface area contributed by atoms with Crippen LogP contribution in [0.15, 0.2) is 18.2 Å². The molecular formula is C11H12FNO3. The molecule has 1 aromatic rings. The number of aliphatic hydroxyl groups excluding tert-OH is 1. The third-order valence-electron chi connectivity index (χ3n) is 2.54. The van der Waals surface area contributed by atoms with Crippen molar-refractivity contribution in [1.82, 2.24) is 4.90 Å². The van der Waals surface area contributed by atoms with Crippen molar-refractivity contribution in [2.24, 2.45) is 0 Å². The molecule has 16 heavy (non-hydrogen) atoms. The van der Waals surface area contributed by atoms with E-state index in [0.717, 1.165) is 6.07 Å². The van der Waals surface area contributed by atoms with Crippen LogP contribution >= 0.6 is 0 Å². The zero-order valence-electron chi connectivity index (χ0n) is 8.81. The van der Waals surface area contributed by atoms with Gasteiger partial charge in [-0.1, -0.05) is 0 Å². The lowest BCUT2D eigenvalue weighted by molar-refractivity contribution is 0.00567. The van der Waals surface area contributed by atoms with Gasteiger partial charge in [0.05, 0.1) is 18.8 Å². The summed E-state index contributed by atoms with van der Waals surface area (Å²) < 4.78 is 18.0. The second-order valence-corrected chi connectivity index (χ2v) is 3.71. The predicted molar refractivity (Wildman–Crippen MR) is 54.9 cm³/mol. The number of likely N-dealkylation sites (tertiary alicyclic amines) is 1. The number of amides is 1. The van der Waals surface area contributed by atoms with Crippen LogP contribution in [0.2, 0.25) is 0 Å². The van der Waals surface area contributed by atoms with Crippen LogP contribution in [0.1, 0.15) is 10.4 Å². The van der Waals surface area contributed by atoms with Gasteiger partial charge in [0.2, 0.25) is 0 Å². The van der Waals surface area contributed by atoms with Gasteiger partial charge in [0.15, 0.2) is 0 Å². The molecule has 1 aromatic carbocycles. The minimum absolute atomic E-state index is 0.189. The molecule has 0 unspecified atom stereocenters. The Hall–Kier alpha value is -1.62. The maximum absolute atomic E-state index is 13.0. The summed E-state index contributed by atoms with van der Waals surface area (Å²) >= 11 is 0. The number of halogens is 1. The maximum Gasteiger partial charge on any atom is 0.257 e. The molecule has 1 amide bonds.